The highest BCUT2D eigenvalue weighted by molar-refractivity contribution is 5.40. The number of rotatable bonds is 2. The first-order chi connectivity index (χ1) is 6.36. The van der Waals surface area contributed by atoms with Gasteiger partial charge >= 0.3 is 0 Å². The van der Waals surface area contributed by atoms with Gasteiger partial charge in [0.1, 0.15) is 0 Å². The van der Waals surface area contributed by atoms with Crippen molar-refractivity contribution >= 4 is 0 Å². The average molecular weight is 179 g/mol. The van der Waals surface area contributed by atoms with E-state index in [1.54, 1.807) is 0 Å². The first kappa shape index (κ1) is 8.69. The standard InChI is InChI=1S/C10H13NO2/c12-5-7-2-1-3-8-9(7)4-11-10(8)6-13/h1-3,10-13H,4-6H2/t10-/m0/s1. The van der Waals surface area contributed by atoms with Crippen LogP contribution in [0, 0.1) is 0 Å². The normalized spacial score (nSPS) is 20.3. The number of hydrogen-bond donors (Lipinski definition) is 3. The van der Waals surface area contributed by atoms with Gasteiger partial charge in [-0.25, -0.2) is 0 Å². The second kappa shape index (κ2) is 3.46. The van der Waals surface area contributed by atoms with Gasteiger partial charge in [-0.15, -0.1) is 0 Å². The van der Waals surface area contributed by atoms with E-state index in [-0.39, 0.29) is 19.3 Å². The van der Waals surface area contributed by atoms with Gasteiger partial charge in [-0.2, -0.15) is 0 Å². The molecular weight excluding hydrogens is 166 g/mol. The quantitative estimate of drug-likeness (QED) is 0.612. The van der Waals surface area contributed by atoms with Crippen LogP contribution in [0.3, 0.4) is 0 Å². The second-order valence-corrected chi connectivity index (χ2v) is 3.26. The third kappa shape index (κ3) is 1.35. The summed E-state index contributed by atoms with van der Waals surface area (Å²) in [5, 5.41) is 21.3. The minimum atomic E-state index is 0.0431. The van der Waals surface area contributed by atoms with E-state index in [4.69, 9.17) is 10.2 Å². The molecule has 0 bridgehead atoms. The predicted octanol–water partition coefficient (Wildman–Crippen LogP) is 0.315. The largest absolute Gasteiger partial charge is 0.394 e. The van der Waals surface area contributed by atoms with Crippen molar-refractivity contribution in [2.45, 2.75) is 19.2 Å². The molecule has 0 saturated carbocycles. The zero-order valence-corrected chi connectivity index (χ0v) is 7.33. The van der Waals surface area contributed by atoms with Crippen LogP contribution >= 0.6 is 0 Å². The van der Waals surface area contributed by atoms with Crippen LogP contribution in [-0.2, 0) is 13.2 Å². The van der Waals surface area contributed by atoms with Crippen LogP contribution in [0.4, 0.5) is 0 Å². The molecule has 13 heavy (non-hydrogen) atoms. The molecule has 1 atom stereocenters. The van der Waals surface area contributed by atoms with Gasteiger partial charge in [0, 0.05) is 6.54 Å². The first-order valence-electron chi connectivity index (χ1n) is 4.42. The summed E-state index contributed by atoms with van der Waals surface area (Å²) in [5.74, 6) is 0. The lowest BCUT2D eigenvalue weighted by atomic mass is 10.0. The summed E-state index contributed by atoms with van der Waals surface area (Å²) < 4.78 is 0. The summed E-state index contributed by atoms with van der Waals surface area (Å²) in [4.78, 5) is 0. The molecule has 1 aliphatic heterocycles. The van der Waals surface area contributed by atoms with Gasteiger partial charge in [0.05, 0.1) is 19.3 Å². The minimum absolute atomic E-state index is 0.0431. The third-order valence-corrected chi connectivity index (χ3v) is 2.56. The Bertz CT molecular complexity index is 312. The molecule has 1 heterocycles. The lowest BCUT2D eigenvalue weighted by Gasteiger charge is -2.08. The van der Waals surface area contributed by atoms with Crippen molar-refractivity contribution in [2.75, 3.05) is 6.61 Å². The van der Waals surface area contributed by atoms with Crippen LogP contribution in [0.15, 0.2) is 18.2 Å². The molecule has 3 N–H and O–H groups in total. The number of fused-ring (bicyclic) bond motifs is 1. The van der Waals surface area contributed by atoms with E-state index in [0.29, 0.717) is 0 Å². The van der Waals surface area contributed by atoms with Gasteiger partial charge in [0.2, 0.25) is 0 Å². The highest BCUT2D eigenvalue weighted by Gasteiger charge is 2.22. The van der Waals surface area contributed by atoms with Crippen LogP contribution in [0.5, 0.6) is 0 Å². The summed E-state index contributed by atoms with van der Waals surface area (Å²) in [6.45, 7) is 0.933. The molecule has 2 rings (SSSR count). The van der Waals surface area contributed by atoms with Crippen molar-refractivity contribution in [1.82, 2.24) is 5.32 Å². The molecule has 1 aromatic rings. The fourth-order valence-electron chi connectivity index (χ4n) is 1.84. The van der Waals surface area contributed by atoms with Crippen LogP contribution in [0.25, 0.3) is 0 Å². The fourth-order valence-corrected chi connectivity index (χ4v) is 1.84. The highest BCUT2D eigenvalue weighted by Crippen LogP contribution is 2.27. The van der Waals surface area contributed by atoms with E-state index in [1.807, 2.05) is 18.2 Å². The van der Waals surface area contributed by atoms with Gasteiger partial charge < -0.3 is 15.5 Å². The SMILES string of the molecule is OCc1cccc2c1CN[C@H]2CO. The van der Waals surface area contributed by atoms with Crippen molar-refractivity contribution < 1.29 is 10.2 Å². The van der Waals surface area contributed by atoms with Gasteiger partial charge in [-0.1, -0.05) is 18.2 Å². The molecule has 0 amide bonds. The maximum absolute atomic E-state index is 9.07. The number of aliphatic hydroxyl groups excluding tert-OH is 2. The maximum atomic E-state index is 9.07. The number of aliphatic hydroxyl groups is 2. The van der Waals surface area contributed by atoms with E-state index in [2.05, 4.69) is 5.32 Å². The van der Waals surface area contributed by atoms with Crippen LogP contribution in [0.1, 0.15) is 22.7 Å². The summed E-state index contributed by atoms with van der Waals surface area (Å²) in [7, 11) is 0. The zero-order chi connectivity index (χ0) is 9.26. The van der Waals surface area contributed by atoms with Crippen molar-refractivity contribution in [3.63, 3.8) is 0 Å². The Morgan fingerprint density at radius 1 is 1.38 bits per heavy atom. The average Bonchev–Trinajstić information content (AvgIpc) is 2.60. The van der Waals surface area contributed by atoms with E-state index in [9.17, 15) is 0 Å². The summed E-state index contributed by atoms with van der Waals surface area (Å²) in [6, 6.07) is 5.87. The van der Waals surface area contributed by atoms with Crippen LogP contribution in [0.2, 0.25) is 0 Å². The third-order valence-electron chi connectivity index (χ3n) is 2.56. The van der Waals surface area contributed by atoms with Crippen LogP contribution in [-0.4, -0.2) is 16.8 Å². The Kier molecular flexibility index (Phi) is 2.31. The molecule has 0 aliphatic carbocycles. The van der Waals surface area contributed by atoms with E-state index < -0.39 is 0 Å². The number of hydrogen-bond acceptors (Lipinski definition) is 3. The molecule has 0 saturated heterocycles. The summed E-state index contributed by atoms with van der Waals surface area (Å²) >= 11 is 0. The molecule has 1 aliphatic rings. The molecule has 3 nitrogen and oxygen atoms in total. The van der Waals surface area contributed by atoms with E-state index in [0.717, 1.165) is 23.2 Å². The summed E-state index contributed by atoms with van der Waals surface area (Å²) in [6.07, 6.45) is 0. The maximum Gasteiger partial charge on any atom is 0.0685 e. The Morgan fingerprint density at radius 3 is 2.92 bits per heavy atom. The van der Waals surface area contributed by atoms with Crippen molar-refractivity contribution in [1.29, 1.82) is 0 Å². The Labute approximate surface area is 77.0 Å². The van der Waals surface area contributed by atoms with Crippen molar-refractivity contribution in [3.05, 3.63) is 34.9 Å². The summed E-state index contributed by atoms with van der Waals surface area (Å²) in [5.41, 5.74) is 3.22. The molecule has 0 fully saturated rings. The molecule has 0 unspecified atom stereocenters. The molecule has 1 aromatic carbocycles. The Morgan fingerprint density at radius 2 is 2.23 bits per heavy atom. The monoisotopic (exact) mass is 179 g/mol. The Balaban J connectivity index is 2.43. The van der Waals surface area contributed by atoms with Crippen molar-refractivity contribution in [3.8, 4) is 0 Å². The van der Waals surface area contributed by atoms with Gasteiger partial charge in [-0.05, 0) is 16.7 Å². The molecule has 70 valence electrons. The minimum Gasteiger partial charge on any atom is -0.394 e. The lowest BCUT2D eigenvalue weighted by Crippen LogP contribution is -2.15. The Hall–Kier alpha value is -0.900. The molecule has 3 heteroatoms. The van der Waals surface area contributed by atoms with Gasteiger partial charge in [0.15, 0.2) is 0 Å². The highest BCUT2D eigenvalue weighted by atomic mass is 16.3. The number of benzene rings is 1. The first-order valence-corrected chi connectivity index (χ1v) is 4.42. The van der Waals surface area contributed by atoms with Crippen LogP contribution < -0.4 is 5.32 Å². The number of nitrogens with one attached hydrogen (secondary N) is 1. The predicted molar refractivity (Wildman–Crippen MR) is 49.0 cm³/mol. The van der Waals surface area contributed by atoms with Gasteiger partial charge in [0.25, 0.3) is 0 Å². The van der Waals surface area contributed by atoms with E-state index in [1.165, 1.54) is 0 Å². The topological polar surface area (TPSA) is 52.5 Å². The zero-order valence-electron chi connectivity index (χ0n) is 7.33. The molecule has 0 spiro atoms. The van der Waals surface area contributed by atoms with Gasteiger partial charge in [-0.3, -0.25) is 0 Å². The van der Waals surface area contributed by atoms with Crippen molar-refractivity contribution in [2.24, 2.45) is 0 Å². The molecule has 0 aromatic heterocycles. The lowest BCUT2D eigenvalue weighted by molar-refractivity contribution is 0.251. The second-order valence-electron chi connectivity index (χ2n) is 3.26. The molecular formula is C10H13NO2. The smallest absolute Gasteiger partial charge is 0.0685 e. The van der Waals surface area contributed by atoms with E-state index >= 15 is 0 Å². The molecule has 0 radical (unpaired) electrons. The fraction of sp³-hybridized carbons (Fsp3) is 0.400.